The maximum atomic E-state index is 12.7. The van der Waals surface area contributed by atoms with Crippen molar-refractivity contribution in [3.05, 3.63) is 48.3 Å². The molecule has 0 spiro atoms. The van der Waals surface area contributed by atoms with Gasteiger partial charge in [-0.25, -0.2) is 26.8 Å². The summed E-state index contributed by atoms with van der Waals surface area (Å²) in [5, 5.41) is 2.71. The van der Waals surface area contributed by atoms with Crippen LogP contribution >= 0.6 is 0 Å². The van der Waals surface area contributed by atoms with E-state index in [1.165, 1.54) is 32.9 Å². The molecule has 4 rings (SSSR count). The average molecular weight is 523 g/mol. The van der Waals surface area contributed by atoms with Crippen molar-refractivity contribution in [2.24, 2.45) is 0 Å². The predicted molar refractivity (Wildman–Crippen MR) is 131 cm³/mol. The van der Waals surface area contributed by atoms with Crippen LogP contribution in [0.15, 0.2) is 47.6 Å². The van der Waals surface area contributed by atoms with Gasteiger partial charge in [-0.2, -0.15) is 8.61 Å². The summed E-state index contributed by atoms with van der Waals surface area (Å²) in [6.07, 6.45) is 5.30. The lowest BCUT2D eigenvalue weighted by molar-refractivity contribution is 0.0953. The molecule has 190 valence electrons. The van der Waals surface area contributed by atoms with Gasteiger partial charge in [-0.05, 0) is 49.6 Å². The van der Waals surface area contributed by atoms with Gasteiger partial charge in [0.15, 0.2) is 0 Å². The lowest BCUT2D eigenvalue weighted by Gasteiger charge is -2.33. The van der Waals surface area contributed by atoms with Gasteiger partial charge in [0, 0.05) is 63.8 Å². The van der Waals surface area contributed by atoms with Crippen LogP contribution in [0.4, 0.5) is 5.95 Å². The first-order chi connectivity index (χ1) is 16.8. The fourth-order valence-corrected chi connectivity index (χ4v) is 7.17. The maximum Gasteiger partial charge on any atom is 0.251 e. The SMILES string of the molecule is O=C(NCCCS(=O)(=O)N1CCN(c2ncccn2)CC1)c1ccc(S(=O)(=O)N2CCCC2)cc1. The van der Waals surface area contributed by atoms with Crippen molar-refractivity contribution in [1.29, 1.82) is 0 Å². The van der Waals surface area contributed by atoms with Gasteiger partial charge in [-0.15, -0.1) is 0 Å². The number of anilines is 1. The normalized spacial score (nSPS) is 18.0. The highest BCUT2D eigenvalue weighted by molar-refractivity contribution is 7.89. The summed E-state index contributed by atoms with van der Waals surface area (Å²) in [4.78, 5) is 22.9. The molecule has 13 heteroatoms. The highest BCUT2D eigenvalue weighted by Gasteiger charge is 2.28. The fourth-order valence-electron chi connectivity index (χ4n) is 4.16. The van der Waals surface area contributed by atoms with Crippen molar-refractivity contribution in [2.75, 3.05) is 56.5 Å². The predicted octanol–water partition coefficient (Wildman–Crippen LogP) is 0.533. The molecule has 0 unspecified atom stereocenters. The summed E-state index contributed by atoms with van der Waals surface area (Å²) in [7, 11) is -6.97. The van der Waals surface area contributed by atoms with E-state index in [1.54, 1.807) is 18.5 Å². The molecule has 0 bridgehead atoms. The molecule has 1 aromatic carbocycles. The third-order valence-electron chi connectivity index (χ3n) is 6.15. The number of amides is 1. The van der Waals surface area contributed by atoms with Gasteiger partial charge in [0.25, 0.3) is 5.91 Å². The summed E-state index contributed by atoms with van der Waals surface area (Å²) in [6, 6.07) is 7.56. The topological polar surface area (TPSA) is 133 Å². The second-order valence-corrected chi connectivity index (χ2v) is 12.5. The number of hydrogen-bond donors (Lipinski definition) is 1. The number of carbonyl (C=O) groups is 1. The summed E-state index contributed by atoms with van der Waals surface area (Å²) in [6.45, 7) is 2.99. The van der Waals surface area contributed by atoms with Gasteiger partial charge >= 0.3 is 0 Å². The number of nitrogens with one attached hydrogen (secondary N) is 1. The van der Waals surface area contributed by atoms with E-state index >= 15 is 0 Å². The molecule has 0 radical (unpaired) electrons. The summed E-state index contributed by atoms with van der Waals surface area (Å²) < 4.78 is 53.5. The molecule has 2 aliphatic heterocycles. The molecule has 3 heterocycles. The van der Waals surface area contributed by atoms with E-state index in [9.17, 15) is 21.6 Å². The van der Waals surface area contributed by atoms with E-state index in [4.69, 9.17) is 0 Å². The molecule has 2 fully saturated rings. The summed E-state index contributed by atoms with van der Waals surface area (Å²) in [5.41, 5.74) is 0.326. The quantitative estimate of drug-likeness (QED) is 0.472. The van der Waals surface area contributed by atoms with Crippen LogP contribution in [-0.2, 0) is 20.0 Å². The number of aromatic nitrogens is 2. The Morgan fingerprint density at radius 1 is 0.857 bits per heavy atom. The number of carbonyl (C=O) groups excluding carboxylic acids is 1. The lowest BCUT2D eigenvalue weighted by Crippen LogP contribution is -2.49. The number of hydrogen-bond acceptors (Lipinski definition) is 8. The minimum atomic E-state index is -3.53. The van der Waals surface area contributed by atoms with Crippen LogP contribution in [0.3, 0.4) is 0 Å². The number of nitrogens with zero attached hydrogens (tertiary/aromatic N) is 5. The van der Waals surface area contributed by atoms with Crippen LogP contribution in [0.25, 0.3) is 0 Å². The van der Waals surface area contributed by atoms with E-state index < -0.39 is 20.0 Å². The standard InChI is InChI=1S/C22H30N6O5S2/c29-21(19-5-7-20(8-6-19)35(32,33)28-12-1-2-13-28)23-11-4-18-34(30,31)27-16-14-26(15-17-27)22-24-9-3-10-25-22/h3,5-10H,1-2,4,11-18H2,(H,23,29). The first-order valence-corrected chi connectivity index (χ1v) is 14.7. The molecule has 1 amide bonds. The Morgan fingerprint density at radius 3 is 2.11 bits per heavy atom. The Bertz CT molecular complexity index is 1210. The number of benzene rings is 1. The molecule has 2 aromatic rings. The van der Waals surface area contributed by atoms with Crippen molar-refractivity contribution < 1.29 is 21.6 Å². The smallest absolute Gasteiger partial charge is 0.251 e. The molecule has 2 aliphatic rings. The maximum absolute atomic E-state index is 12.7. The Balaban J connectivity index is 1.21. The number of piperazine rings is 1. The van der Waals surface area contributed by atoms with E-state index in [1.807, 2.05) is 4.90 Å². The van der Waals surface area contributed by atoms with Gasteiger partial charge in [0.1, 0.15) is 0 Å². The Labute approximate surface area is 206 Å². The molecule has 0 saturated carbocycles. The largest absolute Gasteiger partial charge is 0.352 e. The highest BCUT2D eigenvalue weighted by Crippen LogP contribution is 2.21. The molecule has 0 atom stereocenters. The Hall–Kier alpha value is -2.61. The van der Waals surface area contributed by atoms with Crippen LogP contribution < -0.4 is 10.2 Å². The van der Waals surface area contributed by atoms with E-state index in [0.29, 0.717) is 50.8 Å². The monoisotopic (exact) mass is 522 g/mol. The first kappa shape index (κ1) is 25.5. The van der Waals surface area contributed by atoms with E-state index in [-0.39, 0.29) is 29.5 Å². The van der Waals surface area contributed by atoms with Gasteiger partial charge < -0.3 is 10.2 Å². The minimum absolute atomic E-state index is 0.0673. The Kier molecular flexibility index (Phi) is 7.99. The van der Waals surface area contributed by atoms with Crippen molar-refractivity contribution in [3.63, 3.8) is 0 Å². The minimum Gasteiger partial charge on any atom is -0.352 e. The van der Waals surface area contributed by atoms with Crippen molar-refractivity contribution in [2.45, 2.75) is 24.2 Å². The molecule has 0 aliphatic carbocycles. The third kappa shape index (κ3) is 6.15. The van der Waals surface area contributed by atoms with Gasteiger partial charge in [-0.3, -0.25) is 4.79 Å². The van der Waals surface area contributed by atoms with E-state index in [0.717, 1.165) is 12.8 Å². The average Bonchev–Trinajstić information content (AvgIpc) is 3.43. The van der Waals surface area contributed by atoms with Crippen LogP contribution in [0.5, 0.6) is 0 Å². The van der Waals surface area contributed by atoms with Crippen molar-refractivity contribution >= 4 is 31.9 Å². The van der Waals surface area contributed by atoms with Gasteiger partial charge in [0.2, 0.25) is 26.0 Å². The first-order valence-electron chi connectivity index (χ1n) is 11.7. The second kappa shape index (κ2) is 11.0. The van der Waals surface area contributed by atoms with Crippen LogP contribution in [0.1, 0.15) is 29.6 Å². The zero-order valence-electron chi connectivity index (χ0n) is 19.4. The number of sulfonamides is 2. The van der Waals surface area contributed by atoms with Gasteiger partial charge in [-0.1, -0.05) is 0 Å². The van der Waals surface area contributed by atoms with Crippen LogP contribution in [-0.4, -0.2) is 92.9 Å². The molecule has 1 aromatic heterocycles. The van der Waals surface area contributed by atoms with Crippen LogP contribution in [0.2, 0.25) is 0 Å². The van der Waals surface area contributed by atoms with Crippen molar-refractivity contribution in [3.8, 4) is 0 Å². The number of rotatable bonds is 9. The summed E-state index contributed by atoms with van der Waals surface area (Å²) >= 11 is 0. The molecule has 2 saturated heterocycles. The Morgan fingerprint density at radius 2 is 1.49 bits per heavy atom. The zero-order valence-corrected chi connectivity index (χ0v) is 21.0. The highest BCUT2D eigenvalue weighted by atomic mass is 32.2. The van der Waals surface area contributed by atoms with Gasteiger partial charge in [0.05, 0.1) is 10.6 Å². The molecule has 35 heavy (non-hydrogen) atoms. The van der Waals surface area contributed by atoms with E-state index in [2.05, 4.69) is 15.3 Å². The second-order valence-electron chi connectivity index (χ2n) is 8.50. The molecular weight excluding hydrogens is 492 g/mol. The summed E-state index contributed by atoms with van der Waals surface area (Å²) in [5.74, 6) is 0.153. The fraction of sp³-hybridized carbons (Fsp3) is 0.500. The van der Waals surface area contributed by atoms with Crippen molar-refractivity contribution in [1.82, 2.24) is 23.9 Å². The lowest BCUT2D eigenvalue weighted by atomic mass is 10.2. The molecule has 11 nitrogen and oxygen atoms in total. The molecular formula is C22H30N6O5S2. The zero-order chi connectivity index (χ0) is 24.9. The third-order valence-corrected chi connectivity index (χ3v) is 10.0. The van der Waals surface area contributed by atoms with Crippen LogP contribution in [0, 0.1) is 0 Å². The molecule has 1 N–H and O–H groups in total.